The van der Waals surface area contributed by atoms with Crippen LogP contribution in [0, 0.1) is 6.92 Å². The molecule has 0 aliphatic carbocycles. The SMILES string of the molecule is C=CCOC(=O)CNC.Cc1ccc(S(=O)(=O)O)cc1. The average molecular weight is 301 g/mol. The van der Waals surface area contributed by atoms with Gasteiger partial charge in [0.1, 0.15) is 6.61 Å². The van der Waals surface area contributed by atoms with Crippen molar-refractivity contribution >= 4 is 16.1 Å². The number of carbonyl (C=O) groups excluding carboxylic acids is 1. The lowest BCUT2D eigenvalue weighted by Crippen LogP contribution is -2.20. The monoisotopic (exact) mass is 301 g/mol. The number of carbonyl (C=O) groups is 1. The first kappa shape index (κ1) is 18.3. The molecular formula is C13H19NO5S. The van der Waals surface area contributed by atoms with Crippen LogP contribution in [0.2, 0.25) is 0 Å². The Morgan fingerprint density at radius 1 is 1.40 bits per heavy atom. The number of esters is 1. The highest BCUT2D eigenvalue weighted by Gasteiger charge is 2.06. The van der Waals surface area contributed by atoms with E-state index in [1.807, 2.05) is 6.92 Å². The first-order valence-electron chi connectivity index (χ1n) is 5.76. The zero-order valence-electron chi connectivity index (χ0n) is 11.5. The Labute approximate surface area is 119 Å². The summed E-state index contributed by atoms with van der Waals surface area (Å²) in [5.74, 6) is -0.252. The standard InChI is InChI=1S/C7H8O3S.C6H11NO2/c1-6-2-4-7(5-3-6)11(8,9)10;1-3-4-9-6(8)5-7-2/h2-5H,1H3,(H,8,9,10);3,7H,1,4-5H2,2H3. The zero-order chi connectivity index (χ0) is 15.6. The number of benzene rings is 1. The van der Waals surface area contributed by atoms with E-state index in [9.17, 15) is 13.2 Å². The fourth-order valence-electron chi connectivity index (χ4n) is 1.06. The fraction of sp³-hybridized carbons (Fsp3) is 0.308. The topological polar surface area (TPSA) is 92.7 Å². The molecule has 112 valence electrons. The van der Waals surface area contributed by atoms with Crippen LogP contribution in [-0.4, -0.2) is 39.1 Å². The van der Waals surface area contributed by atoms with Crippen molar-refractivity contribution in [2.75, 3.05) is 20.2 Å². The molecular weight excluding hydrogens is 282 g/mol. The first-order chi connectivity index (χ1) is 9.31. The molecule has 0 aliphatic rings. The van der Waals surface area contributed by atoms with Gasteiger partial charge in [0, 0.05) is 0 Å². The Bertz CT molecular complexity index is 522. The van der Waals surface area contributed by atoms with Crippen molar-refractivity contribution in [2.45, 2.75) is 11.8 Å². The van der Waals surface area contributed by atoms with Gasteiger partial charge in [0.2, 0.25) is 0 Å². The minimum atomic E-state index is -4.02. The minimum absolute atomic E-state index is 0.0666. The van der Waals surface area contributed by atoms with E-state index in [1.165, 1.54) is 18.2 Å². The number of hydrogen-bond acceptors (Lipinski definition) is 5. The van der Waals surface area contributed by atoms with Crippen LogP contribution in [0.15, 0.2) is 41.8 Å². The van der Waals surface area contributed by atoms with E-state index >= 15 is 0 Å². The normalized spacial score (nSPS) is 10.2. The van der Waals surface area contributed by atoms with Crippen molar-refractivity contribution in [3.05, 3.63) is 42.5 Å². The van der Waals surface area contributed by atoms with Gasteiger partial charge < -0.3 is 10.1 Å². The summed E-state index contributed by atoms with van der Waals surface area (Å²) in [5, 5.41) is 2.67. The predicted molar refractivity (Wildman–Crippen MR) is 76.1 cm³/mol. The lowest BCUT2D eigenvalue weighted by molar-refractivity contribution is -0.141. The minimum Gasteiger partial charge on any atom is -0.461 e. The Morgan fingerprint density at radius 2 is 1.95 bits per heavy atom. The van der Waals surface area contributed by atoms with Crippen LogP contribution in [-0.2, 0) is 19.6 Å². The van der Waals surface area contributed by atoms with Crippen LogP contribution in [0.1, 0.15) is 5.56 Å². The van der Waals surface area contributed by atoms with Crippen LogP contribution in [0.25, 0.3) is 0 Å². The first-order valence-corrected chi connectivity index (χ1v) is 7.20. The van der Waals surface area contributed by atoms with E-state index in [-0.39, 0.29) is 17.4 Å². The molecule has 0 spiro atoms. The summed E-state index contributed by atoms with van der Waals surface area (Å²) in [6.07, 6.45) is 1.54. The van der Waals surface area contributed by atoms with Crippen LogP contribution < -0.4 is 5.32 Å². The number of ether oxygens (including phenoxy) is 1. The van der Waals surface area contributed by atoms with Crippen molar-refractivity contribution in [3.63, 3.8) is 0 Å². The second-order valence-corrected chi connectivity index (χ2v) is 5.21. The molecule has 0 aromatic heterocycles. The molecule has 7 heteroatoms. The van der Waals surface area contributed by atoms with Crippen molar-refractivity contribution in [1.82, 2.24) is 5.32 Å². The van der Waals surface area contributed by atoms with Crippen LogP contribution >= 0.6 is 0 Å². The van der Waals surface area contributed by atoms with Gasteiger partial charge in [-0.25, -0.2) is 0 Å². The third-order valence-electron chi connectivity index (χ3n) is 2.00. The molecule has 1 aromatic rings. The van der Waals surface area contributed by atoms with Gasteiger partial charge in [-0.1, -0.05) is 30.4 Å². The Kier molecular flexibility index (Phi) is 8.46. The molecule has 0 saturated heterocycles. The average Bonchev–Trinajstić information content (AvgIpc) is 2.37. The maximum Gasteiger partial charge on any atom is 0.320 e. The molecule has 0 radical (unpaired) electrons. The van der Waals surface area contributed by atoms with Gasteiger partial charge in [-0.15, -0.1) is 0 Å². The molecule has 0 saturated carbocycles. The highest BCUT2D eigenvalue weighted by Crippen LogP contribution is 2.08. The molecule has 1 rings (SSSR count). The third-order valence-corrected chi connectivity index (χ3v) is 2.87. The zero-order valence-corrected chi connectivity index (χ0v) is 12.3. The Hall–Kier alpha value is -1.70. The number of likely N-dealkylation sites (N-methyl/N-ethyl adjacent to an activating group) is 1. The number of rotatable bonds is 5. The summed E-state index contributed by atoms with van der Waals surface area (Å²) in [4.78, 5) is 10.4. The number of hydrogen-bond donors (Lipinski definition) is 2. The van der Waals surface area contributed by atoms with Crippen LogP contribution in [0.3, 0.4) is 0 Å². The Morgan fingerprint density at radius 3 is 2.35 bits per heavy atom. The summed E-state index contributed by atoms with van der Waals surface area (Å²) in [7, 11) is -2.33. The maximum atomic E-state index is 10.5. The van der Waals surface area contributed by atoms with E-state index in [4.69, 9.17) is 4.55 Å². The van der Waals surface area contributed by atoms with Crippen molar-refractivity contribution < 1.29 is 22.5 Å². The van der Waals surface area contributed by atoms with Crippen molar-refractivity contribution in [2.24, 2.45) is 0 Å². The highest BCUT2D eigenvalue weighted by atomic mass is 32.2. The predicted octanol–water partition coefficient (Wildman–Crippen LogP) is 1.18. The van der Waals surface area contributed by atoms with Crippen molar-refractivity contribution in [1.29, 1.82) is 0 Å². The lowest BCUT2D eigenvalue weighted by Gasteiger charge is -1.98. The molecule has 20 heavy (non-hydrogen) atoms. The van der Waals surface area contributed by atoms with Gasteiger partial charge >= 0.3 is 5.97 Å². The summed E-state index contributed by atoms with van der Waals surface area (Å²) in [6.45, 7) is 5.79. The molecule has 0 amide bonds. The summed E-state index contributed by atoms with van der Waals surface area (Å²) in [5.41, 5.74) is 0.956. The fourth-order valence-corrected chi connectivity index (χ4v) is 1.54. The second-order valence-electron chi connectivity index (χ2n) is 3.79. The van der Waals surface area contributed by atoms with E-state index in [1.54, 1.807) is 19.2 Å². The lowest BCUT2D eigenvalue weighted by atomic mass is 10.2. The molecule has 0 heterocycles. The van der Waals surface area contributed by atoms with Gasteiger partial charge in [0.05, 0.1) is 11.4 Å². The van der Waals surface area contributed by atoms with E-state index in [0.717, 1.165) is 5.56 Å². The van der Waals surface area contributed by atoms with Gasteiger partial charge in [-0.3, -0.25) is 9.35 Å². The van der Waals surface area contributed by atoms with Gasteiger partial charge in [0.25, 0.3) is 10.1 Å². The molecule has 0 atom stereocenters. The molecule has 6 nitrogen and oxygen atoms in total. The van der Waals surface area contributed by atoms with Gasteiger partial charge in [0.15, 0.2) is 0 Å². The molecule has 0 unspecified atom stereocenters. The number of nitrogens with one attached hydrogen (secondary N) is 1. The molecule has 2 N–H and O–H groups in total. The summed E-state index contributed by atoms with van der Waals surface area (Å²) >= 11 is 0. The maximum absolute atomic E-state index is 10.5. The van der Waals surface area contributed by atoms with E-state index in [0.29, 0.717) is 6.61 Å². The number of aryl methyl sites for hydroxylation is 1. The van der Waals surface area contributed by atoms with Crippen molar-refractivity contribution in [3.8, 4) is 0 Å². The highest BCUT2D eigenvalue weighted by molar-refractivity contribution is 7.85. The Balaban J connectivity index is 0.000000370. The molecule has 0 fully saturated rings. The molecule has 0 bridgehead atoms. The van der Waals surface area contributed by atoms with Gasteiger partial charge in [-0.2, -0.15) is 8.42 Å². The van der Waals surface area contributed by atoms with E-state index < -0.39 is 10.1 Å². The van der Waals surface area contributed by atoms with Crippen LogP contribution in [0.4, 0.5) is 0 Å². The quantitative estimate of drug-likeness (QED) is 0.482. The molecule has 0 aliphatic heterocycles. The largest absolute Gasteiger partial charge is 0.461 e. The third kappa shape index (κ3) is 8.41. The van der Waals surface area contributed by atoms with Crippen LogP contribution in [0.5, 0.6) is 0 Å². The van der Waals surface area contributed by atoms with Gasteiger partial charge in [-0.05, 0) is 26.1 Å². The summed E-state index contributed by atoms with van der Waals surface area (Å²) < 4.78 is 34.2. The second kappa shape index (κ2) is 9.24. The van der Waals surface area contributed by atoms with E-state index in [2.05, 4.69) is 16.6 Å². The summed E-state index contributed by atoms with van der Waals surface area (Å²) in [6, 6.07) is 5.99. The smallest absolute Gasteiger partial charge is 0.320 e. The molecule has 1 aromatic carbocycles.